The summed E-state index contributed by atoms with van der Waals surface area (Å²) in [4.78, 5) is 39.3. The molecule has 0 aliphatic carbocycles. The maximum atomic E-state index is 11.7. The molecule has 4 nitrogen and oxygen atoms in total. The summed E-state index contributed by atoms with van der Waals surface area (Å²) in [5.41, 5.74) is 0. The van der Waals surface area contributed by atoms with Crippen LogP contribution in [0.5, 0.6) is 0 Å². The Kier molecular flexibility index (Phi) is 13.0. The van der Waals surface area contributed by atoms with Gasteiger partial charge in [-0.3, -0.25) is 9.59 Å². The fourth-order valence-corrected chi connectivity index (χ4v) is 2.50. The monoisotopic (exact) mass is 288 g/mol. The van der Waals surface area contributed by atoms with E-state index in [-0.39, 0.29) is 28.9 Å². The van der Waals surface area contributed by atoms with E-state index in [0.29, 0.717) is 24.5 Å². The molecule has 0 radical (unpaired) electrons. The summed E-state index contributed by atoms with van der Waals surface area (Å²) < 4.78 is 0. The van der Waals surface area contributed by atoms with Crippen molar-refractivity contribution in [2.24, 2.45) is 5.92 Å². The van der Waals surface area contributed by atoms with Gasteiger partial charge in [-0.05, 0) is 18.6 Å². The normalized spacial score (nSPS) is 11.5. The first-order valence-corrected chi connectivity index (χ1v) is 7.40. The van der Waals surface area contributed by atoms with Crippen molar-refractivity contribution >= 4 is 29.5 Å². The molecule has 0 aromatic rings. The van der Waals surface area contributed by atoms with Crippen LogP contribution in [-0.4, -0.2) is 28.2 Å². The maximum Gasteiger partial charge on any atom is 0.373 e. The fraction of sp³-hybridized carbons (Fsp3) is 0.786. The van der Waals surface area contributed by atoms with Crippen LogP contribution in [0.2, 0.25) is 0 Å². The highest BCUT2D eigenvalue weighted by Crippen LogP contribution is 2.19. The second-order valence-electron chi connectivity index (χ2n) is 4.85. The van der Waals surface area contributed by atoms with E-state index in [1.165, 1.54) is 0 Å². The number of rotatable bonds is 8. The predicted molar refractivity (Wildman–Crippen MR) is 75.9 cm³/mol. The van der Waals surface area contributed by atoms with Crippen LogP contribution < -0.4 is 0 Å². The van der Waals surface area contributed by atoms with Gasteiger partial charge in [-0.15, -0.1) is 11.8 Å². The van der Waals surface area contributed by atoms with Gasteiger partial charge in [0.05, 0.1) is 5.25 Å². The average molecular weight is 288 g/mol. The first-order chi connectivity index (χ1) is 8.76. The zero-order valence-electron chi connectivity index (χ0n) is 12.4. The molecule has 0 heterocycles. The van der Waals surface area contributed by atoms with Gasteiger partial charge < -0.3 is 0 Å². The van der Waals surface area contributed by atoms with Crippen LogP contribution in [0.25, 0.3) is 0 Å². The summed E-state index contributed by atoms with van der Waals surface area (Å²) in [6, 6.07) is 0. The van der Waals surface area contributed by atoms with Gasteiger partial charge in [-0.25, -0.2) is 0 Å². The predicted octanol–water partition coefficient (Wildman–Crippen LogP) is 2.90. The van der Waals surface area contributed by atoms with Crippen molar-refractivity contribution in [3.8, 4) is 0 Å². The van der Waals surface area contributed by atoms with Crippen molar-refractivity contribution in [3.05, 3.63) is 0 Å². The minimum Gasteiger partial charge on any atom is -0.299 e. The Bertz CT molecular complexity index is 305. The fourth-order valence-electron chi connectivity index (χ4n) is 1.41. The average Bonchev–Trinajstić information content (AvgIpc) is 2.28. The number of carbonyl (C=O) groups excluding carboxylic acids is 4. The second-order valence-corrected chi connectivity index (χ2v) is 6.77. The van der Waals surface area contributed by atoms with E-state index in [2.05, 4.69) is 13.8 Å². The SMILES string of the molecule is CC(C)SC(C)C(=O)CCCC(=O)C(C)C.O=C=O. The lowest BCUT2D eigenvalue weighted by molar-refractivity contribution is -0.191. The molecule has 110 valence electrons. The standard InChI is InChI=1S/C13H24O2S.CO2/c1-9(2)12(14)7-6-8-13(15)11(5)16-10(3)4;2-1-3/h9-11H,6-8H2,1-5H3;. The van der Waals surface area contributed by atoms with Crippen LogP contribution in [-0.2, 0) is 19.2 Å². The van der Waals surface area contributed by atoms with Crippen LogP contribution in [0, 0.1) is 5.92 Å². The van der Waals surface area contributed by atoms with E-state index in [0.717, 1.165) is 0 Å². The van der Waals surface area contributed by atoms with Gasteiger partial charge in [0, 0.05) is 18.8 Å². The highest BCUT2D eigenvalue weighted by molar-refractivity contribution is 8.01. The second kappa shape index (κ2) is 12.1. The third-order valence-electron chi connectivity index (χ3n) is 2.42. The summed E-state index contributed by atoms with van der Waals surface area (Å²) in [6.45, 7) is 9.95. The van der Waals surface area contributed by atoms with Crippen molar-refractivity contribution in [3.63, 3.8) is 0 Å². The van der Waals surface area contributed by atoms with Gasteiger partial charge in [0.25, 0.3) is 0 Å². The van der Waals surface area contributed by atoms with Crippen LogP contribution in [0.15, 0.2) is 0 Å². The van der Waals surface area contributed by atoms with E-state index in [1.54, 1.807) is 11.8 Å². The quantitative estimate of drug-likeness (QED) is 0.687. The van der Waals surface area contributed by atoms with Crippen molar-refractivity contribution in [2.45, 2.75) is 64.4 Å². The molecule has 0 N–H and O–H groups in total. The Balaban J connectivity index is 0. The van der Waals surface area contributed by atoms with E-state index < -0.39 is 0 Å². The zero-order valence-corrected chi connectivity index (χ0v) is 13.2. The number of hydrogen-bond donors (Lipinski definition) is 0. The molecule has 0 aromatic carbocycles. The summed E-state index contributed by atoms with van der Waals surface area (Å²) in [5.74, 6) is 0.629. The molecule has 0 rings (SSSR count). The molecule has 0 fully saturated rings. The minimum atomic E-state index is 0.0640. The first-order valence-electron chi connectivity index (χ1n) is 6.46. The number of ketones is 2. The number of Topliss-reactive ketones (excluding diaryl/α,β-unsaturated/α-hetero) is 2. The van der Waals surface area contributed by atoms with Gasteiger partial charge in [-0.2, -0.15) is 9.59 Å². The molecular formula is C14H24O4S. The molecule has 0 aliphatic heterocycles. The lowest BCUT2D eigenvalue weighted by Gasteiger charge is -2.12. The Morgan fingerprint density at radius 1 is 0.947 bits per heavy atom. The smallest absolute Gasteiger partial charge is 0.299 e. The molecule has 0 aliphatic rings. The maximum absolute atomic E-state index is 11.7. The third kappa shape index (κ3) is 13.3. The van der Waals surface area contributed by atoms with Crippen molar-refractivity contribution in [1.29, 1.82) is 0 Å². The zero-order chi connectivity index (χ0) is 15.4. The van der Waals surface area contributed by atoms with E-state index >= 15 is 0 Å². The highest BCUT2D eigenvalue weighted by atomic mass is 32.2. The molecule has 0 saturated heterocycles. The Labute approximate surface area is 119 Å². The molecule has 0 aromatic heterocycles. The summed E-state index contributed by atoms with van der Waals surface area (Å²) in [7, 11) is 0. The van der Waals surface area contributed by atoms with Gasteiger partial charge in [0.15, 0.2) is 0 Å². The van der Waals surface area contributed by atoms with Crippen LogP contribution >= 0.6 is 11.8 Å². The van der Waals surface area contributed by atoms with E-state index in [4.69, 9.17) is 9.59 Å². The topological polar surface area (TPSA) is 68.3 Å². The number of carbonyl (C=O) groups is 2. The molecule has 0 saturated carbocycles. The van der Waals surface area contributed by atoms with Gasteiger partial charge in [0.2, 0.25) is 0 Å². The lowest BCUT2D eigenvalue weighted by atomic mass is 10.0. The molecule has 0 spiro atoms. The summed E-state index contributed by atoms with van der Waals surface area (Å²) in [6.07, 6.45) is 2.04. The Morgan fingerprint density at radius 2 is 1.37 bits per heavy atom. The minimum absolute atomic E-state index is 0.0640. The van der Waals surface area contributed by atoms with Crippen LogP contribution in [0.1, 0.15) is 53.9 Å². The highest BCUT2D eigenvalue weighted by Gasteiger charge is 2.15. The van der Waals surface area contributed by atoms with E-state index in [1.807, 2.05) is 20.8 Å². The number of thioether (sulfide) groups is 1. The lowest BCUT2D eigenvalue weighted by Crippen LogP contribution is -2.16. The largest absolute Gasteiger partial charge is 0.373 e. The molecule has 1 unspecified atom stereocenters. The van der Waals surface area contributed by atoms with Gasteiger partial charge >= 0.3 is 6.15 Å². The van der Waals surface area contributed by atoms with Gasteiger partial charge in [0.1, 0.15) is 11.6 Å². The molecule has 0 amide bonds. The van der Waals surface area contributed by atoms with Crippen molar-refractivity contribution in [2.75, 3.05) is 0 Å². The van der Waals surface area contributed by atoms with Gasteiger partial charge in [-0.1, -0.05) is 27.7 Å². The molecule has 1 atom stereocenters. The third-order valence-corrected chi connectivity index (χ3v) is 3.64. The Hall–Kier alpha value is -0.930. The van der Waals surface area contributed by atoms with Crippen LogP contribution in [0.4, 0.5) is 0 Å². The van der Waals surface area contributed by atoms with Crippen LogP contribution in [0.3, 0.4) is 0 Å². The molecule has 5 heteroatoms. The molecule has 0 bridgehead atoms. The summed E-state index contributed by atoms with van der Waals surface area (Å²) >= 11 is 1.69. The Morgan fingerprint density at radius 3 is 1.74 bits per heavy atom. The molecule has 19 heavy (non-hydrogen) atoms. The van der Waals surface area contributed by atoms with Crippen molar-refractivity contribution < 1.29 is 19.2 Å². The first kappa shape index (κ1) is 20.4. The number of hydrogen-bond acceptors (Lipinski definition) is 5. The summed E-state index contributed by atoms with van der Waals surface area (Å²) in [5, 5.41) is 0.547. The van der Waals surface area contributed by atoms with Crippen molar-refractivity contribution in [1.82, 2.24) is 0 Å². The molecular weight excluding hydrogens is 264 g/mol. The van der Waals surface area contributed by atoms with E-state index in [9.17, 15) is 9.59 Å².